The van der Waals surface area contributed by atoms with Gasteiger partial charge in [-0.3, -0.25) is 4.98 Å². The van der Waals surface area contributed by atoms with Crippen LogP contribution in [0.15, 0.2) is 24.4 Å². The van der Waals surface area contributed by atoms with E-state index in [2.05, 4.69) is 15.0 Å². The molecule has 0 aliphatic heterocycles. The van der Waals surface area contributed by atoms with Crippen LogP contribution in [0, 0.1) is 6.92 Å². The lowest BCUT2D eigenvalue weighted by Crippen LogP contribution is -2.19. The van der Waals surface area contributed by atoms with E-state index in [9.17, 15) is 0 Å². The molecule has 2 rings (SSSR count). The van der Waals surface area contributed by atoms with Crippen LogP contribution >= 0.6 is 11.6 Å². The summed E-state index contributed by atoms with van der Waals surface area (Å²) < 4.78 is 0. The second-order valence-electron chi connectivity index (χ2n) is 4.03. The topological polar surface area (TPSA) is 67.9 Å². The summed E-state index contributed by atoms with van der Waals surface area (Å²) in [6.45, 7) is 2.57. The van der Waals surface area contributed by atoms with Crippen LogP contribution in [0.4, 0.5) is 11.8 Å². The third kappa shape index (κ3) is 2.87. The molecule has 0 saturated heterocycles. The van der Waals surface area contributed by atoms with E-state index in [4.69, 9.17) is 17.3 Å². The average Bonchev–Trinajstić information content (AvgIpc) is 2.32. The van der Waals surface area contributed by atoms with Crippen molar-refractivity contribution < 1.29 is 0 Å². The normalized spacial score (nSPS) is 10.4. The van der Waals surface area contributed by atoms with E-state index in [0.717, 1.165) is 11.4 Å². The van der Waals surface area contributed by atoms with Gasteiger partial charge in [-0.15, -0.1) is 0 Å². The van der Waals surface area contributed by atoms with E-state index in [1.54, 1.807) is 0 Å². The largest absolute Gasteiger partial charge is 0.368 e. The molecular formula is C12H14ClN5. The lowest BCUT2D eigenvalue weighted by Gasteiger charge is -2.18. The van der Waals surface area contributed by atoms with Crippen molar-refractivity contribution >= 4 is 23.4 Å². The third-order valence-electron chi connectivity index (χ3n) is 2.45. The smallest absolute Gasteiger partial charge is 0.222 e. The van der Waals surface area contributed by atoms with Gasteiger partial charge in [-0.1, -0.05) is 17.7 Å². The number of hydrogen-bond donors (Lipinski definition) is 1. The number of rotatable bonds is 3. The predicted molar refractivity (Wildman–Crippen MR) is 72.5 cm³/mol. The molecular weight excluding hydrogens is 250 g/mol. The molecule has 2 aromatic rings. The lowest BCUT2D eigenvalue weighted by molar-refractivity contribution is 0.857. The summed E-state index contributed by atoms with van der Waals surface area (Å²) in [7, 11) is 1.89. The SMILES string of the molecule is Cc1cccc(CN(C)c2nc(N)ncc2Cl)n1. The molecule has 0 spiro atoms. The Morgan fingerprint density at radius 2 is 2.11 bits per heavy atom. The van der Waals surface area contributed by atoms with Crippen LogP contribution in [-0.2, 0) is 6.54 Å². The number of aromatic nitrogens is 3. The molecule has 0 amide bonds. The molecule has 6 heteroatoms. The minimum atomic E-state index is 0.207. The van der Waals surface area contributed by atoms with E-state index >= 15 is 0 Å². The monoisotopic (exact) mass is 263 g/mol. The van der Waals surface area contributed by atoms with Crippen molar-refractivity contribution in [1.82, 2.24) is 15.0 Å². The van der Waals surface area contributed by atoms with Crippen LogP contribution in [-0.4, -0.2) is 22.0 Å². The highest BCUT2D eigenvalue weighted by Crippen LogP contribution is 2.22. The Hall–Kier alpha value is -1.88. The third-order valence-corrected chi connectivity index (χ3v) is 2.72. The van der Waals surface area contributed by atoms with Crippen LogP contribution in [0.5, 0.6) is 0 Å². The number of hydrogen-bond acceptors (Lipinski definition) is 5. The number of halogens is 1. The van der Waals surface area contributed by atoms with Gasteiger partial charge in [0.1, 0.15) is 5.02 Å². The molecule has 5 nitrogen and oxygen atoms in total. The summed E-state index contributed by atoms with van der Waals surface area (Å²) in [4.78, 5) is 14.3. The van der Waals surface area contributed by atoms with Crippen molar-refractivity contribution in [3.05, 3.63) is 40.8 Å². The van der Waals surface area contributed by atoms with Gasteiger partial charge < -0.3 is 10.6 Å². The maximum Gasteiger partial charge on any atom is 0.222 e. The summed E-state index contributed by atoms with van der Waals surface area (Å²) in [5.41, 5.74) is 7.49. The molecule has 0 unspecified atom stereocenters. The fraction of sp³-hybridized carbons (Fsp3) is 0.250. The van der Waals surface area contributed by atoms with Crippen molar-refractivity contribution in [2.75, 3.05) is 17.7 Å². The molecule has 0 aliphatic rings. The second kappa shape index (κ2) is 5.18. The first-order chi connectivity index (χ1) is 8.56. The van der Waals surface area contributed by atoms with Gasteiger partial charge in [-0.05, 0) is 19.1 Å². The Morgan fingerprint density at radius 3 is 2.83 bits per heavy atom. The Morgan fingerprint density at radius 1 is 1.33 bits per heavy atom. The molecule has 0 atom stereocenters. The Bertz CT molecular complexity index is 558. The molecule has 2 N–H and O–H groups in total. The Kier molecular flexibility index (Phi) is 3.62. The van der Waals surface area contributed by atoms with Gasteiger partial charge in [0.25, 0.3) is 0 Å². The molecule has 0 fully saturated rings. The van der Waals surface area contributed by atoms with Crippen LogP contribution in [0.1, 0.15) is 11.4 Å². The van der Waals surface area contributed by atoms with E-state index < -0.39 is 0 Å². The van der Waals surface area contributed by atoms with Gasteiger partial charge >= 0.3 is 0 Å². The zero-order chi connectivity index (χ0) is 13.1. The van der Waals surface area contributed by atoms with Gasteiger partial charge in [0.05, 0.1) is 18.4 Å². The molecule has 2 aromatic heterocycles. The van der Waals surface area contributed by atoms with E-state index in [1.165, 1.54) is 6.20 Å². The van der Waals surface area contributed by atoms with Crippen LogP contribution < -0.4 is 10.6 Å². The number of anilines is 2. The van der Waals surface area contributed by atoms with Gasteiger partial charge in [-0.25, -0.2) is 4.98 Å². The zero-order valence-electron chi connectivity index (χ0n) is 10.3. The fourth-order valence-electron chi connectivity index (χ4n) is 1.64. The highest BCUT2D eigenvalue weighted by atomic mass is 35.5. The van der Waals surface area contributed by atoms with E-state index in [-0.39, 0.29) is 5.95 Å². The van der Waals surface area contributed by atoms with Crippen LogP contribution in [0.3, 0.4) is 0 Å². The molecule has 0 saturated carbocycles. The van der Waals surface area contributed by atoms with Gasteiger partial charge in [0.15, 0.2) is 5.82 Å². The highest BCUT2D eigenvalue weighted by molar-refractivity contribution is 6.32. The lowest BCUT2D eigenvalue weighted by atomic mass is 10.3. The number of nitrogen functional groups attached to an aromatic ring is 1. The number of nitrogens with two attached hydrogens (primary N) is 1. The first-order valence-corrected chi connectivity index (χ1v) is 5.86. The van der Waals surface area contributed by atoms with Crippen molar-refractivity contribution in [3.8, 4) is 0 Å². The molecule has 94 valence electrons. The average molecular weight is 264 g/mol. The minimum Gasteiger partial charge on any atom is -0.368 e. The van der Waals surface area contributed by atoms with Crippen molar-refractivity contribution in [3.63, 3.8) is 0 Å². The van der Waals surface area contributed by atoms with Crippen molar-refractivity contribution in [2.24, 2.45) is 0 Å². The van der Waals surface area contributed by atoms with Crippen molar-refractivity contribution in [1.29, 1.82) is 0 Å². The number of pyridine rings is 1. The Labute approximate surface area is 111 Å². The summed E-state index contributed by atoms with van der Waals surface area (Å²) in [6.07, 6.45) is 1.50. The van der Waals surface area contributed by atoms with Gasteiger partial charge in [0, 0.05) is 12.7 Å². The first-order valence-electron chi connectivity index (χ1n) is 5.48. The van der Waals surface area contributed by atoms with Crippen LogP contribution in [0.25, 0.3) is 0 Å². The van der Waals surface area contributed by atoms with Crippen LogP contribution in [0.2, 0.25) is 5.02 Å². The first kappa shape index (κ1) is 12.6. The summed E-state index contributed by atoms with van der Waals surface area (Å²) in [5.74, 6) is 0.811. The Balaban J connectivity index is 2.21. The molecule has 2 heterocycles. The second-order valence-corrected chi connectivity index (χ2v) is 4.43. The molecule has 0 aromatic carbocycles. The number of aryl methyl sites for hydroxylation is 1. The summed E-state index contributed by atoms with van der Waals surface area (Å²) in [6, 6.07) is 5.89. The summed E-state index contributed by atoms with van der Waals surface area (Å²) >= 11 is 6.05. The zero-order valence-corrected chi connectivity index (χ0v) is 11.0. The molecule has 0 radical (unpaired) electrons. The number of nitrogens with zero attached hydrogens (tertiary/aromatic N) is 4. The maximum atomic E-state index is 6.05. The van der Waals surface area contributed by atoms with Gasteiger partial charge in [-0.2, -0.15) is 4.98 Å². The molecule has 0 bridgehead atoms. The standard InChI is InChI=1S/C12H14ClN5/c1-8-4-3-5-9(16-8)7-18(2)11-10(13)6-15-12(14)17-11/h3-6H,7H2,1-2H3,(H2,14,15,17). The predicted octanol–water partition coefficient (Wildman–Crippen LogP) is 2.05. The minimum absolute atomic E-state index is 0.207. The van der Waals surface area contributed by atoms with E-state index in [0.29, 0.717) is 17.4 Å². The fourth-order valence-corrected chi connectivity index (χ4v) is 1.88. The quantitative estimate of drug-likeness (QED) is 0.918. The maximum absolute atomic E-state index is 6.05. The van der Waals surface area contributed by atoms with Gasteiger partial charge in [0.2, 0.25) is 5.95 Å². The van der Waals surface area contributed by atoms with E-state index in [1.807, 2.05) is 37.1 Å². The summed E-state index contributed by atoms with van der Waals surface area (Å²) in [5, 5.41) is 0.472. The van der Waals surface area contributed by atoms with Crippen molar-refractivity contribution in [2.45, 2.75) is 13.5 Å². The highest BCUT2D eigenvalue weighted by Gasteiger charge is 2.10. The molecule has 0 aliphatic carbocycles. The molecule has 18 heavy (non-hydrogen) atoms.